The third-order valence-electron chi connectivity index (χ3n) is 5.93. The van der Waals surface area contributed by atoms with Crippen molar-refractivity contribution in [2.24, 2.45) is 11.8 Å². The summed E-state index contributed by atoms with van der Waals surface area (Å²) in [5.74, 6) is 0.989. The summed E-state index contributed by atoms with van der Waals surface area (Å²) >= 11 is 0. The van der Waals surface area contributed by atoms with Gasteiger partial charge in [-0.1, -0.05) is 6.07 Å². The molecule has 0 radical (unpaired) electrons. The lowest BCUT2D eigenvalue weighted by Crippen LogP contribution is -2.46. The molecule has 2 aromatic carbocycles. The number of aliphatic hydroxyl groups is 1. The van der Waals surface area contributed by atoms with E-state index in [1.54, 1.807) is 38.5 Å². The van der Waals surface area contributed by atoms with Gasteiger partial charge in [0.15, 0.2) is 23.0 Å². The Morgan fingerprint density at radius 3 is 2.57 bits per heavy atom. The molecule has 7 nitrogen and oxygen atoms in total. The Hall–Kier alpha value is -2.93. The van der Waals surface area contributed by atoms with Gasteiger partial charge in [0.05, 0.1) is 20.8 Å². The number of hydrogen-bond acceptors (Lipinski definition) is 7. The molecule has 0 spiro atoms. The van der Waals surface area contributed by atoms with Crippen molar-refractivity contribution in [2.45, 2.75) is 12.0 Å². The van der Waals surface area contributed by atoms with Crippen LogP contribution in [0.5, 0.6) is 23.0 Å². The fourth-order valence-corrected chi connectivity index (χ4v) is 4.62. The molecular formula is C21H20O7. The minimum absolute atomic E-state index is 0.131. The van der Waals surface area contributed by atoms with Gasteiger partial charge in [0.1, 0.15) is 11.5 Å². The lowest BCUT2D eigenvalue weighted by atomic mass is 9.64. The maximum Gasteiger partial charge on any atom is 0.313 e. The molecule has 5 rings (SSSR count). The summed E-state index contributed by atoms with van der Waals surface area (Å²) in [5.41, 5.74) is 0.493. The largest absolute Gasteiger partial charge is 0.493 e. The van der Waals surface area contributed by atoms with E-state index in [-0.39, 0.29) is 19.3 Å². The summed E-state index contributed by atoms with van der Waals surface area (Å²) in [7, 11) is 3.11. The molecule has 2 aromatic rings. The predicted molar refractivity (Wildman–Crippen MR) is 96.8 cm³/mol. The second-order valence-corrected chi connectivity index (χ2v) is 7.27. The molecule has 1 aliphatic carbocycles. The number of methoxy groups -OCH3 is 2. The highest BCUT2D eigenvalue weighted by molar-refractivity contribution is 5.79. The van der Waals surface area contributed by atoms with E-state index in [9.17, 15) is 9.90 Å². The van der Waals surface area contributed by atoms with Crippen molar-refractivity contribution < 1.29 is 33.6 Å². The molecule has 2 heterocycles. The molecular weight excluding hydrogens is 364 g/mol. The topological polar surface area (TPSA) is 83.5 Å². The highest BCUT2D eigenvalue weighted by atomic mass is 16.7. The van der Waals surface area contributed by atoms with Gasteiger partial charge in [-0.05, 0) is 47.4 Å². The molecule has 1 N–H and O–H groups in total. The lowest BCUT2D eigenvalue weighted by Gasteiger charge is -2.41. The normalized spacial score (nSPS) is 27.0. The molecule has 7 heteroatoms. The van der Waals surface area contributed by atoms with Gasteiger partial charge in [-0.15, -0.1) is 0 Å². The van der Waals surface area contributed by atoms with Crippen LogP contribution in [0.3, 0.4) is 0 Å². The zero-order valence-corrected chi connectivity index (χ0v) is 15.6. The van der Waals surface area contributed by atoms with Crippen LogP contribution in [0.2, 0.25) is 0 Å². The van der Waals surface area contributed by atoms with E-state index in [0.29, 0.717) is 40.5 Å². The van der Waals surface area contributed by atoms with E-state index < -0.39 is 17.5 Å². The number of hydrogen-bond donors (Lipinski definition) is 1. The van der Waals surface area contributed by atoms with E-state index in [0.717, 1.165) is 5.56 Å². The van der Waals surface area contributed by atoms with Gasteiger partial charge in [-0.25, -0.2) is 0 Å². The van der Waals surface area contributed by atoms with Crippen LogP contribution in [0.25, 0.3) is 0 Å². The second-order valence-electron chi connectivity index (χ2n) is 7.27. The third-order valence-corrected chi connectivity index (χ3v) is 5.93. The summed E-state index contributed by atoms with van der Waals surface area (Å²) in [5, 5.41) is 12.1. The zero-order chi connectivity index (χ0) is 19.5. The summed E-state index contributed by atoms with van der Waals surface area (Å²) in [6, 6.07) is 8.87. The van der Waals surface area contributed by atoms with Crippen LogP contribution >= 0.6 is 0 Å². The first-order valence-corrected chi connectivity index (χ1v) is 9.10. The van der Waals surface area contributed by atoms with E-state index in [2.05, 4.69) is 0 Å². The molecule has 0 unspecified atom stereocenters. The molecule has 2 aliphatic heterocycles. The molecule has 28 heavy (non-hydrogen) atoms. The first-order valence-electron chi connectivity index (χ1n) is 9.10. The summed E-state index contributed by atoms with van der Waals surface area (Å²) < 4.78 is 27.1. The van der Waals surface area contributed by atoms with Crippen LogP contribution in [-0.2, 0) is 21.6 Å². The predicted octanol–water partition coefficient (Wildman–Crippen LogP) is 2.01. The van der Waals surface area contributed by atoms with Crippen LogP contribution < -0.4 is 18.9 Å². The van der Waals surface area contributed by atoms with Gasteiger partial charge in [0, 0.05) is 5.92 Å². The maximum absolute atomic E-state index is 12.6. The van der Waals surface area contributed by atoms with Crippen molar-refractivity contribution >= 4 is 5.97 Å². The van der Waals surface area contributed by atoms with Gasteiger partial charge < -0.3 is 28.8 Å². The van der Waals surface area contributed by atoms with Crippen molar-refractivity contribution in [3.05, 3.63) is 47.0 Å². The molecule has 0 amide bonds. The summed E-state index contributed by atoms with van der Waals surface area (Å²) in [6.07, 6.45) is 0.610. The van der Waals surface area contributed by atoms with Crippen LogP contribution in [0, 0.1) is 11.8 Å². The van der Waals surface area contributed by atoms with Gasteiger partial charge >= 0.3 is 5.97 Å². The first kappa shape index (κ1) is 17.2. The van der Waals surface area contributed by atoms with Crippen LogP contribution in [0.15, 0.2) is 30.3 Å². The third kappa shape index (κ3) is 2.22. The van der Waals surface area contributed by atoms with E-state index in [1.165, 1.54) is 0 Å². The van der Waals surface area contributed by atoms with Crippen molar-refractivity contribution in [2.75, 3.05) is 27.6 Å². The Balaban J connectivity index is 1.75. The second kappa shape index (κ2) is 6.04. The highest BCUT2D eigenvalue weighted by Crippen LogP contribution is 2.53. The van der Waals surface area contributed by atoms with E-state index in [1.807, 2.05) is 6.07 Å². The van der Waals surface area contributed by atoms with Gasteiger partial charge in [0.25, 0.3) is 0 Å². The molecule has 1 saturated heterocycles. The Bertz CT molecular complexity index is 969. The molecule has 0 saturated carbocycles. The molecule has 0 bridgehead atoms. The number of carbonyl (C=O) groups is 1. The average Bonchev–Trinajstić information content (AvgIpc) is 3.33. The van der Waals surface area contributed by atoms with Gasteiger partial charge in [-0.3, -0.25) is 4.79 Å². The quantitative estimate of drug-likeness (QED) is 0.811. The van der Waals surface area contributed by atoms with Crippen molar-refractivity contribution in [3.8, 4) is 23.0 Å². The molecule has 0 aromatic heterocycles. The molecule has 146 valence electrons. The minimum Gasteiger partial charge on any atom is -0.493 e. The standard InChI is InChI=1S/C21H20O7/c1-24-16-6-11-5-12-9-26-20(22)19(12)21(23,14(11)8-17(16)25-2)13-3-4-15-18(7-13)28-10-27-15/h3-4,6-8,12,19,23H,5,9-10H2,1-2H3/t12-,19-,21-/m1/s1. The number of cyclic esters (lactones) is 1. The maximum atomic E-state index is 12.6. The minimum atomic E-state index is -1.58. The summed E-state index contributed by atoms with van der Waals surface area (Å²) in [4.78, 5) is 12.6. The number of benzene rings is 2. The number of carbonyl (C=O) groups excluding carboxylic acids is 1. The van der Waals surface area contributed by atoms with Crippen molar-refractivity contribution in [1.29, 1.82) is 0 Å². The lowest BCUT2D eigenvalue weighted by molar-refractivity contribution is -0.148. The molecule has 3 atom stereocenters. The van der Waals surface area contributed by atoms with Gasteiger partial charge in [-0.2, -0.15) is 0 Å². The molecule has 3 aliphatic rings. The average molecular weight is 384 g/mol. The number of rotatable bonds is 3. The Morgan fingerprint density at radius 1 is 1.04 bits per heavy atom. The van der Waals surface area contributed by atoms with Crippen molar-refractivity contribution in [3.63, 3.8) is 0 Å². The summed E-state index contributed by atoms with van der Waals surface area (Å²) in [6.45, 7) is 0.414. The number of fused-ring (bicyclic) bond motifs is 3. The highest BCUT2D eigenvalue weighted by Gasteiger charge is 2.57. The van der Waals surface area contributed by atoms with E-state index in [4.69, 9.17) is 23.7 Å². The van der Waals surface area contributed by atoms with E-state index >= 15 is 0 Å². The Labute approximate surface area is 161 Å². The molecule has 1 fully saturated rings. The smallest absolute Gasteiger partial charge is 0.313 e. The first-order chi connectivity index (χ1) is 13.6. The Kier molecular flexibility index (Phi) is 3.71. The monoisotopic (exact) mass is 384 g/mol. The number of ether oxygens (including phenoxy) is 5. The van der Waals surface area contributed by atoms with Crippen molar-refractivity contribution in [1.82, 2.24) is 0 Å². The number of esters is 1. The van der Waals surface area contributed by atoms with Crippen LogP contribution in [-0.4, -0.2) is 38.7 Å². The fourth-order valence-electron chi connectivity index (χ4n) is 4.62. The SMILES string of the molecule is COc1cc2c(cc1OC)[C@](O)(c1ccc3c(c1)OCO3)[C@H]1C(=O)OC[C@H]1C2. The Morgan fingerprint density at radius 2 is 1.79 bits per heavy atom. The zero-order valence-electron chi connectivity index (χ0n) is 15.6. The van der Waals surface area contributed by atoms with Crippen LogP contribution in [0.4, 0.5) is 0 Å². The van der Waals surface area contributed by atoms with Gasteiger partial charge in [0.2, 0.25) is 6.79 Å². The fraction of sp³-hybridized carbons (Fsp3) is 0.381. The van der Waals surface area contributed by atoms with Crippen LogP contribution in [0.1, 0.15) is 16.7 Å².